The number of nitrogens with zero attached hydrogens (tertiary/aromatic N) is 2. The average Bonchev–Trinajstić information content (AvgIpc) is 2.31. The van der Waals surface area contributed by atoms with Gasteiger partial charge in [-0.05, 0) is 22.0 Å². The summed E-state index contributed by atoms with van der Waals surface area (Å²) in [5, 5.41) is 13.3. The van der Waals surface area contributed by atoms with Crippen LogP contribution >= 0.6 is 15.9 Å². The van der Waals surface area contributed by atoms with Gasteiger partial charge < -0.3 is 10.8 Å². The summed E-state index contributed by atoms with van der Waals surface area (Å²) in [6, 6.07) is 1.75. The second kappa shape index (κ2) is 3.34. The maximum Gasteiger partial charge on any atom is 0.110 e. The first-order valence-electron chi connectivity index (χ1n) is 3.22. The van der Waals surface area contributed by atoms with Gasteiger partial charge in [0.15, 0.2) is 0 Å². The van der Waals surface area contributed by atoms with Gasteiger partial charge in [0.25, 0.3) is 0 Å². The van der Waals surface area contributed by atoms with Crippen LogP contribution in [-0.4, -0.2) is 21.4 Å². The third kappa shape index (κ3) is 1.79. The molecule has 5 heteroatoms. The maximum absolute atomic E-state index is 9.25. The monoisotopic (exact) mass is 219 g/mol. The van der Waals surface area contributed by atoms with Crippen molar-refractivity contribution in [2.45, 2.75) is 6.10 Å². The Morgan fingerprint density at radius 2 is 2.55 bits per heavy atom. The van der Waals surface area contributed by atoms with E-state index < -0.39 is 6.10 Å². The standard InChI is InChI=1S/C6H10BrN3O/c1-10-6(7)2-4(9-10)5(11)3-8/h2,5,11H,3,8H2,1H3. The van der Waals surface area contributed by atoms with Crippen molar-refractivity contribution in [1.29, 1.82) is 0 Å². The van der Waals surface area contributed by atoms with Gasteiger partial charge in [-0.1, -0.05) is 0 Å². The molecule has 0 saturated carbocycles. The van der Waals surface area contributed by atoms with E-state index in [1.54, 1.807) is 17.8 Å². The lowest BCUT2D eigenvalue weighted by atomic mass is 10.3. The van der Waals surface area contributed by atoms with E-state index >= 15 is 0 Å². The lowest BCUT2D eigenvalue weighted by Gasteiger charge is -2.00. The van der Waals surface area contributed by atoms with Gasteiger partial charge >= 0.3 is 0 Å². The molecule has 0 aliphatic heterocycles. The van der Waals surface area contributed by atoms with Crippen LogP contribution in [0.4, 0.5) is 0 Å². The number of rotatable bonds is 2. The van der Waals surface area contributed by atoms with Gasteiger partial charge in [-0.2, -0.15) is 5.10 Å². The molecular formula is C6H10BrN3O. The molecule has 1 aromatic heterocycles. The summed E-state index contributed by atoms with van der Waals surface area (Å²) in [7, 11) is 1.79. The minimum absolute atomic E-state index is 0.198. The molecule has 0 radical (unpaired) electrons. The van der Waals surface area contributed by atoms with Crippen molar-refractivity contribution < 1.29 is 5.11 Å². The molecular weight excluding hydrogens is 210 g/mol. The lowest BCUT2D eigenvalue weighted by molar-refractivity contribution is 0.181. The molecule has 0 bridgehead atoms. The lowest BCUT2D eigenvalue weighted by Crippen LogP contribution is -2.12. The zero-order valence-electron chi connectivity index (χ0n) is 6.16. The molecule has 1 heterocycles. The van der Waals surface area contributed by atoms with Crippen LogP contribution in [0.25, 0.3) is 0 Å². The van der Waals surface area contributed by atoms with Crippen LogP contribution in [0.2, 0.25) is 0 Å². The van der Waals surface area contributed by atoms with Crippen LogP contribution in [0.5, 0.6) is 0 Å². The number of nitrogens with two attached hydrogens (primary N) is 1. The van der Waals surface area contributed by atoms with Crippen LogP contribution in [0.1, 0.15) is 11.8 Å². The molecule has 0 fully saturated rings. The summed E-state index contributed by atoms with van der Waals surface area (Å²) >= 11 is 3.26. The third-order valence-electron chi connectivity index (χ3n) is 1.41. The number of hydrogen-bond acceptors (Lipinski definition) is 3. The molecule has 1 rings (SSSR count). The van der Waals surface area contributed by atoms with Crippen molar-refractivity contribution in [3.63, 3.8) is 0 Å². The van der Waals surface area contributed by atoms with E-state index in [1.807, 2.05) is 0 Å². The fourth-order valence-electron chi connectivity index (χ4n) is 0.749. The van der Waals surface area contributed by atoms with Crippen molar-refractivity contribution >= 4 is 15.9 Å². The quantitative estimate of drug-likeness (QED) is 0.746. The maximum atomic E-state index is 9.25. The smallest absolute Gasteiger partial charge is 0.110 e. The van der Waals surface area contributed by atoms with Gasteiger partial charge in [-0.3, -0.25) is 4.68 Å². The first-order chi connectivity index (χ1) is 5.15. The number of aromatic nitrogens is 2. The first-order valence-corrected chi connectivity index (χ1v) is 4.02. The zero-order chi connectivity index (χ0) is 8.43. The third-order valence-corrected chi connectivity index (χ3v) is 2.15. The fraction of sp³-hybridized carbons (Fsp3) is 0.500. The van der Waals surface area contributed by atoms with Gasteiger partial charge in [0.05, 0.1) is 5.69 Å². The molecule has 0 aliphatic carbocycles. The van der Waals surface area contributed by atoms with Gasteiger partial charge in [-0.25, -0.2) is 0 Å². The highest BCUT2D eigenvalue weighted by molar-refractivity contribution is 9.10. The summed E-state index contributed by atoms with van der Waals surface area (Å²) < 4.78 is 2.47. The Morgan fingerprint density at radius 3 is 2.91 bits per heavy atom. The van der Waals surface area contributed by atoms with E-state index in [4.69, 9.17) is 5.73 Å². The van der Waals surface area contributed by atoms with Crippen LogP contribution in [-0.2, 0) is 7.05 Å². The number of aliphatic hydroxyl groups excluding tert-OH is 1. The molecule has 0 aromatic carbocycles. The molecule has 1 aromatic rings. The number of hydrogen-bond donors (Lipinski definition) is 2. The Morgan fingerprint density at radius 1 is 1.91 bits per heavy atom. The fourth-order valence-corrected chi connectivity index (χ4v) is 1.06. The second-order valence-electron chi connectivity index (χ2n) is 2.27. The Hall–Kier alpha value is -0.390. The number of halogens is 1. The number of aliphatic hydroxyl groups is 1. The van der Waals surface area contributed by atoms with E-state index in [1.165, 1.54) is 0 Å². The largest absolute Gasteiger partial charge is 0.385 e. The molecule has 3 N–H and O–H groups in total. The van der Waals surface area contributed by atoms with E-state index in [9.17, 15) is 5.11 Å². The van der Waals surface area contributed by atoms with Crippen molar-refractivity contribution in [2.75, 3.05) is 6.54 Å². The molecule has 4 nitrogen and oxygen atoms in total. The highest BCUT2D eigenvalue weighted by atomic mass is 79.9. The van der Waals surface area contributed by atoms with Crippen LogP contribution < -0.4 is 5.73 Å². The molecule has 0 saturated heterocycles. The molecule has 1 atom stereocenters. The summed E-state index contributed by atoms with van der Waals surface area (Å²) in [5.74, 6) is 0. The van der Waals surface area contributed by atoms with Crippen LogP contribution in [0.3, 0.4) is 0 Å². The molecule has 11 heavy (non-hydrogen) atoms. The summed E-state index contributed by atoms with van der Waals surface area (Å²) in [6.45, 7) is 0.198. The van der Waals surface area contributed by atoms with E-state index in [0.717, 1.165) is 4.60 Å². The van der Waals surface area contributed by atoms with Crippen molar-refractivity contribution in [2.24, 2.45) is 12.8 Å². The zero-order valence-corrected chi connectivity index (χ0v) is 7.74. The topological polar surface area (TPSA) is 64.1 Å². The van der Waals surface area contributed by atoms with Gasteiger partial charge in [0, 0.05) is 13.6 Å². The highest BCUT2D eigenvalue weighted by Crippen LogP contribution is 2.15. The Bertz CT molecular complexity index is 228. The van der Waals surface area contributed by atoms with Crippen molar-refractivity contribution in [1.82, 2.24) is 9.78 Å². The summed E-state index contributed by atoms with van der Waals surface area (Å²) in [5.41, 5.74) is 5.85. The van der Waals surface area contributed by atoms with Gasteiger partial charge in [-0.15, -0.1) is 0 Å². The van der Waals surface area contributed by atoms with Crippen LogP contribution in [0.15, 0.2) is 10.7 Å². The molecule has 1 unspecified atom stereocenters. The number of aryl methyl sites for hydroxylation is 1. The Labute approximate surface area is 73.1 Å². The molecule has 0 amide bonds. The SMILES string of the molecule is Cn1nc(C(O)CN)cc1Br. The Balaban J connectivity index is 2.88. The summed E-state index contributed by atoms with van der Waals surface area (Å²) in [6.07, 6.45) is -0.660. The van der Waals surface area contributed by atoms with Crippen molar-refractivity contribution in [3.8, 4) is 0 Å². The van der Waals surface area contributed by atoms with E-state index in [-0.39, 0.29) is 6.54 Å². The van der Waals surface area contributed by atoms with Gasteiger partial charge in [0.1, 0.15) is 10.7 Å². The summed E-state index contributed by atoms with van der Waals surface area (Å²) in [4.78, 5) is 0. The predicted octanol–water partition coefficient (Wildman–Crippen LogP) is 0.175. The van der Waals surface area contributed by atoms with Crippen LogP contribution in [0, 0.1) is 0 Å². The molecule has 0 aliphatic rings. The molecule has 62 valence electrons. The highest BCUT2D eigenvalue weighted by Gasteiger charge is 2.09. The minimum atomic E-state index is -0.660. The predicted molar refractivity (Wildman–Crippen MR) is 44.9 cm³/mol. The van der Waals surface area contributed by atoms with E-state index in [2.05, 4.69) is 21.0 Å². The normalized spacial score (nSPS) is 13.5. The van der Waals surface area contributed by atoms with Gasteiger partial charge in [0.2, 0.25) is 0 Å². The Kier molecular flexibility index (Phi) is 2.64. The first kappa shape index (κ1) is 8.70. The van der Waals surface area contributed by atoms with E-state index in [0.29, 0.717) is 5.69 Å². The molecule has 0 spiro atoms. The van der Waals surface area contributed by atoms with Crippen molar-refractivity contribution in [3.05, 3.63) is 16.4 Å². The minimum Gasteiger partial charge on any atom is -0.385 e. The average molecular weight is 220 g/mol. The second-order valence-corrected chi connectivity index (χ2v) is 3.08.